The fourth-order valence-electron chi connectivity index (χ4n) is 2.82. The molecule has 1 amide bonds. The molecule has 0 heterocycles. The van der Waals surface area contributed by atoms with Crippen molar-refractivity contribution in [2.45, 2.75) is 39.5 Å². The van der Waals surface area contributed by atoms with Crippen molar-refractivity contribution in [1.82, 2.24) is 5.32 Å². The van der Waals surface area contributed by atoms with Crippen molar-refractivity contribution in [3.63, 3.8) is 0 Å². The quantitative estimate of drug-likeness (QED) is 0.882. The molecule has 19 heavy (non-hydrogen) atoms. The number of nitrogens with one attached hydrogen (secondary N) is 1. The lowest BCUT2D eigenvalue weighted by Crippen LogP contribution is -2.33. The number of aryl methyl sites for hydroxylation is 1. The molecule has 1 aliphatic carbocycles. The zero-order valence-electron chi connectivity index (χ0n) is 11.7. The van der Waals surface area contributed by atoms with Crippen LogP contribution in [0.3, 0.4) is 0 Å². The van der Waals surface area contributed by atoms with Crippen LogP contribution in [0.4, 0.5) is 0 Å². The lowest BCUT2D eigenvalue weighted by molar-refractivity contribution is 0.0935. The summed E-state index contributed by atoms with van der Waals surface area (Å²) >= 11 is 3.46. The fourth-order valence-corrected chi connectivity index (χ4v) is 3.49. The summed E-state index contributed by atoms with van der Waals surface area (Å²) in [5.74, 6) is 1.40. The maximum atomic E-state index is 12.2. The molecule has 0 bridgehead atoms. The van der Waals surface area contributed by atoms with E-state index in [1.165, 1.54) is 25.7 Å². The predicted octanol–water partition coefficient (Wildman–Crippen LogP) is 4.31. The van der Waals surface area contributed by atoms with Gasteiger partial charge in [-0.15, -0.1) is 0 Å². The van der Waals surface area contributed by atoms with E-state index in [0.717, 1.165) is 28.1 Å². The smallest absolute Gasteiger partial charge is 0.252 e. The Bertz CT molecular complexity index is 458. The van der Waals surface area contributed by atoms with Gasteiger partial charge in [-0.3, -0.25) is 4.79 Å². The molecule has 1 N–H and O–H groups in total. The van der Waals surface area contributed by atoms with E-state index in [4.69, 9.17) is 0 Å². The normalized spacial score (nSPS) is 23.1. The van der Waals surface area contributed by atoms with Crippen LogP contribution in [-0.4, -0.2) is 12.5 Å². The topological polar surface area (TPSA) is 29.1 Å². The zero-order chi connectivity index (χ0) is 13.8. The van der Waals surface area contributed by atoms with Gasteiger partial charge in [-0.05, 0) is 58.8 Å². The van der Waals surface area contributed by atoms with Crippen molar-refractivity contribution < 1.29 is 4.79 Å². The first-order valence-corrected chi connectivity index (χ1v) is 7.91. The number of rotatable bonds is 3. The number of halogens is 1. The standard InChI is InChI=1S/C16H22BrNO/c1-11-7-8-14(15(17)9-11)16(19)18-10-13-6-4-3-5-12(13)2/h7-9,12-13H,3-6,10H2,1-2H3,(H,18,19). The van der Waals surface area contributed by atoms with Crippen LogP contribution in [0.1, 0.15) is 48.5 Å². The number of benzene rings is 1. The van der Waals surface area contributed by atoms with Gasteiger partial charge in [-0.1, -0.05) is 32.3 Å². The van der Waals surface area contributed by atoms with Gasteiger partial charge in [0.1, 0.15) is 0 Å². The maximum absolute atomic E-state index is 12.2. The number of carbonyl (C=O) groups is 1. The van der Waals surface area contributed by atoms with Gasteiger partial charge >= 0.3 is 0 Å². The van der Waals surface area contributed by atoms with Crippen LogP contribution in [-0.2, 0) is 0 Å². The van der Waals surface area contributed by atoms with E-state index in [2.05, 4.69) is 28.2 Å². The van der Waals surface area contributed by atoms with Gasteiger partial charge in [0.25, 0.3) is 5.91 Å². The van der Waals surface area contributed by atoms with E-state index in [9.17, 15) is 4.79 Å². The van der Waals surface area contributed by atoms with Crippen molar-refractivity contribution in [2.75, 3.05) is 6.54 Å². The molecule has 3 heteroatoms. The Kier molecular flexibility index (Phi) is 5.03. The molecule has 0 saturated heterocycles. The van der Waals surface area contributed by atoms with E-state index < -0.39 is 0 Å². The van der Waals surface area contributed by atoms with E-state index >= 15 is 0 Å². The number of amides is 1. The Balaban J connectivity index is 1.93. The highest BCUT2D eigenvalue weighted by Crippen LogP contribution is 2.29. The molecule has 0 spiro atoms. The Labute approximate surface area is 124 Å². The number of hydrogen-bond acceptors (Lipinski definition) is 1. The fraction of sp³-hybridized carbons (Fsp3) is 0.562. The highest BCUT2D eigenvalue weighted by Gasteiger charge is 2.22. The van der Waals surface area contributed by atoms with Gasteiger partial charge < -0.3 is 5.32 Å². The minimum Gasteiger partial charge on any atom is -0.352 e. The molecule has 0 radical (unpaired) electrons. The predicted molar refractivity (Wildman–Crippen MR) is 82.3 cm³/mol. The summed E-state index contributed by atoms with van der Waals surface area (Å²) < 4.78 is 0.877. The number of hydrogen-bond donors (Lipinski definition) is 1. The van der Waals surface area contributed by atoms with E-state index in [1.54, 1.807) is 0 Å². The van der Waals surface area contributed by atoms with E-state index in [1.807, 2.05) is 25.1 Å². The lowest BCUT2D eigenvalue weighted by Gasteiger charge is -2.28. The highest BCUT2D eigenvalue weighted by molar-refractivity contribution is 9.10. The van der Waals surface area contributed by atoms with Crippen LogP contribution in [0.5, 0.6) is 0 Å². The van der Waals surface area contributed by atoms with Crippen molar-refractivity contribution >= 4 is 21.8 Å². The van der Waals surface area contributed by atoms with Crippen LogP contribution in [0.2, 0.25) is 0 Å². The summed E-state index contributed by atoms with van der Waals surface area (Å²) in [6.07, 6.45) is 5.19. The van der Waals surface area contributed by atoms with Crippen LogP contribution in [0.15, 0.2) is 22.7 Å². The van der Waals surface area contributed by atoms with Crippen LogP contribution in [0.25, 0.3) is 0 Å². The van der Waals surface area contributed by atoms with Crippen molar-refractivity contribution in [3.8, 4) is 0 Å². The molecule has 2 nitrogen and oxygen atoms in total. The third kappa shape index (κ3) is 3.82. The average molecular weight is 324 g/mol. The highest BCUT2D eigenvalue weighted by atomic mass is 79.9. The van der Waals surface area contributed by atoms with Crippen molar-refractivity contribution in [1.29, 1.82) is 0 Å². The molecular weight excluding hydrogens is 302 g/mol. The lowest BCUT2D eigenvalue weighted by atomic mass is 9.80. The summed E-state index contributed by atoms with van der Waals surface area (Å²) in [5.41, 5.74) is 1.89. The Morgan fingerprint density at radius 3 is 2.79 bits per heavy atom. The minimum absolute atomic E-state index is 0.0321. The average Bonchev–Trinajstić information content (AvgIpc) is 2.37. The molecule has 1 aromatic carbocycles. The summed E-state index contributed by atoms with van der Waals surface area (Å²) in [4.78, 5) is 12.2. The maximum Gasteiger partial charge on any atom is 0.252 e. The molecule has 104 valence electrons. The molecule has 0 aromatic heterocycles. The SMILES string of the molecule is Cc1ccc(C(=O)NCC2CCCCC2C)c(Br)c1. The Morgan fingerprint density at radius 2 is 2.11 bits per heavy atom. The molecule has 0 aliphatic heterocycles. The van der Waals surface area contributed by atoms with E-state index in [0.29, 0.717) is 5.92 Å². The second kappa shape index (κ2) is 6.56. The van der Waals surface area contributed by atoms with Crippen LogP contribution in [0, 0.1) is 18.8 Å². The Hall–Kier alpha value is -0.830. The Morgan fingerprint density at radius 1 is 1.37 bits per heavy atom. The second-order valence-corrected chi connectivity index (χ2v) is 6.57. The molecule has 2 atom stereocenters. The summed E-state index contributed by atoms with van der Waals surface area (Å²) in [7, 11) is 0. The number of carbonyl (C=O) groups excluding carboxylic acids is 1. The van der Waals surface area contributed by atoms with E-state index in [-0.39, 0.29) is 5.91 Å². The van der Waals surface area contributed by atoms with Crippen molar-refractivity contribution in [2.24, 2.45) is 11.8 Å². The van der Waals surface area contributed by atoms with Gasteiger partial charge in [-0.2, -0.15) is 0 Å². The largest absolute Gasteiger partial charge is 0.352 e. The van der Waals surface area contributed by atoms with Gasteiger partial charge in [0, 0.05) is 11.0 Å². The molecule has 1 aliphatic rings. The molecule has 1 aromatic rings. The molecule has 1 fully saturated rings. The summed E-state index contributed by atoms with van der Waals surface area (Å²) in [6, 6.07) is 5.85. The summed E-state index contributed by atoms with van der Waals surface area (Å²) in [5, 5.41) is 3.09. The zero-order valence-corrected chi connectivity index (χ0v) is 13.3. The van der Waals surface area contributed by atoms with Gasteiger partial charge in [0.2, 0.25) is 0 Å². The van der Waals surface area contributed by atoms with Crippen LogP contribution < -0.4 is 5.32 Å². The van der Waals surface area contributed by atoms with Gasteiger partial charge in [0.05, 0.1) is 5.56 Å². The van der Waals surface area contributed by atoms with Gasteiger partial charge in [-0.25, -0.2) is 0 Å². The minimum atomic E-state index is 0.0321. The molecular formula is C16H22BrNO. The third-order valence-corrected chi connectivity index (χ3v) is 4.84. The van der Waals surface area contributed by atoms with Gasteiger partial charge in [0.15, 0.2) is 0 Å². The molecule has 2 rings (SSSR count). The molecule has 2 unspecified atom stereocenters. The first-order chi connectivity index (χ1) is 9.08. The first-order valence-electron chi connectivity index (χ1n) is 7.12. The third-order valence-electron chi connectivity index (χ3n) is 4.18. The summed E-state index contributed by atoms with van der Waals surface area (Å²) in [6.45, 7) is 5.13. The second-order valence-electron chi connectivity index (χ2n) is 5.72. The molecule has 1 saturated carbocycles. The monoisotopic (exact) mass is 323 g/mol. The van der Waals surface area contributed by atoms with Crippen LogP contribution >= 0.6 is 15.9 Å². The first kappa shape index (κ1) is 14.6. The van der Waals surface area contributed by atoms with Crippen molar-refractivity contribution in [3.05, 3.63) is 33.8 Å².